The van der Waals surface area contributed by atoms with Gasteiger partial charge in [-0.1, -0.05) is 19.0 Å². The van der Waals surface area contributed by atoms with E-state index >= 15 is 0 Å². The quantitative estimate of drug-likeness (QED) is 0.717. The molecule has 7 heteroatoms. The molecule has 0 aliphatic carbocycles. The molecule has 0 radical (unpaired) electrons. The Labute approximate surface area is 122 Å². The van der Waals surface area contributed by atoms with Gasteiger partial charge in [-0.05, 0) is 18.9 Å². The molecule has 0 spiro atoms. The summed E-state index contributed by atoms with van der Waals surface area (Å²) in [6, 6.07) is 3.61. The molecular weight excluding hydrogens is 270 g/mol. The van der Waals surface area contributed by atoms with E-state index in [2.05, 4.69) is 34.1 Å². The average molecular weight is 287 g/mol. The summed E-state index contributed by atoms with van der Waals surface area (Å²) in [6.45, 7) is 6.68. The van der Waals surface area contributed by atoms with Crippen LogP contribution in [0.25, 0.3) is 17.2 Å². The van der Waals surface area contributed by atoms with Gasteiger partial charge >= 0.3 is 0 Å². The van der Waals surface area contributed by atoms with E-state index in [0.29, 0.717) is 24.0 Å². The van der Waals surface area contributed by atoms with Crippen molar-refractivity contribution in [1.82, 2.24) is 24.7 Å². The molecule has 0 N–H and O–H groups in total. The minimum absolute atomic E-state index is 0.178. The second-order valence-electron chi connectivity index (χ2n) is 5.01. The standard InChI is InChI=1S/C14H17N5O2/c1-4-20-12(9(2)3)13-17-14(21-18-13)10-5-7-15-11-6-8-16-19(10)11/h5-9,12H,4H2,1-3H3. The predicted molar refractivity (Wildman–Crippen MR) is 75.5 cm³/mol. The van der Waals surface area contributed by atoms with Crippen LogP contribution in [0.2, 0.25) is 0 Å². The molecule has 0 saturated carbocycles. The summed E-state index contributed by atoms with van der Waals surface area (Å²) in [5.41, 5.74) is 1.44. The third kappa shape index (κ3) is 2.52. The SMILES string of the molecule is CCOC(c1noc(-c2ccnc3ccnn23)n1)C(C)C. The van der Waals surface area contributed by atoms with Gasteiger partial charge in [-0.15, -0.1) is 0 Å². The molecule has 0 bridgehead atoms. The van der Waals surface area contributed by atoms with Crippen molar-refractivity contribution in [3.05, 3.63) is 30.4 Å². The Morgan fingerprint density at radius 1 is 1.29 bits per heavy atom. The van der Waals surface area contributed by atoms with Gasteiger partial charge in [-0.3, -0.25) is 0 Å². The first-order valence-corrected chi connectivity index (χ1v) is 6.95. The van der Waals surface area contributed by atoms with Crippen molar-refractivity contribution in [3.8, 4) is 11.6 Å². The number of aromatic nitrogens is 5. The molecule has 0 amide bonds. The van der Waals surface area contributed by atoms with Gasteiger partial charge in [0.05, 0.1) is 6.20 Å². The zero-order valence-corrected chi connectivity index (χ0v) is 12.2. The molecule has 3 aromatic heterocycles. The highest BCUT2D eigenvalue weighted by atomic mass is 16.5. The number of fused-ring (bicyclic) bond motifs is 1. The molecule has 0 saturated heterocycles. The number of nitrogens with zero attached hydrogens (tertiary/aromatic N) is 5. The van der Waals surface area contributed by atoms with Crippen molar-refractivity contribution in [3.63, 3.8) is 0 Å². The van der Waals surface area contributed by atoms with E-state index in [0.717, 1.165) is 5.65 Å². The van der Waals surface area contributed by atoms with E-state index in [4.69, 9.17) is 9.26 Å². The molecule has 3 aromatic rings. The molecule has 7 nitrogen and oxygen atoms in total. The monoisotopic (exact) mass is 287 g/mol. The van der Waals surface area contributed by atoms with Crippen molar-refractivity contribution >= 4 is 5.65 Å². The Hall–Kier alpha value is -2.28. The van der Waals surface area contributed by atoms with Crippen LogP contribution < -0.4 is 0 Å². The Morgan fingerprint density at radius 3 is 2.90 bits per heavy atom. The lowest BCUT2D eigenvalue weighted by Gasteiger charge is -2.16. The van der Waals surface area contributed by atoms with Gasteiger partial charge < -0.3 is 9.26 Å². The maximum atomic E-state index is 5.69. The molecule has 21 heavy (non-hydrogen) atoms. The van der Waals surface area contributed by atoms with Crippen LogP contribution >= 0.6 is 0 Å². The second kappa shape index (κ2) is 5.61. The normalized spacial score (nSPS) is 13.1. The van der Waals surface area contributed by atoms with Crippen molar-refractivity contribution in [2.24, 2.45) is 5.92 Å². The van der Waals surface area contributed by atoms with E-state index in [1.165, 1.54) is 0 Å². The van der Waals surface area contributed by atoms with E-state index in [1.54, 1.807) is 23.0 Å². The highest BCUT2D eigenvalue weighted by molar-refractivity contribution is 5.52. The summed E-state index contributed by atoms with van der Waals surface area (Å²) in [4.78, 5) is 8.67. The van der Waals surface area contributed by atoms with Crippen molar-refractivity contribution < 1.29 is 9.26 Å². The fourth-order valence-corrected chi connectivity index (χ4v) is 2.20. The Morgan fingerprint density at radius 2 is 2.14 bits per heavy atom. The Bertz CT molecular complexity index is 734. The van der Waals surface area contributed by atoms with Gasteiger partial charge in [0.2, 0.25) is 5.82 Å². The zero-order chi connectivity index (χ0) is 14.8. The van der Waals surface area contributed by atoms with Gasteiger partial charge in [0.1, 0.15) is 11.8 Å². The second-order valence-corrected chi connectivity index (χ2v) is 5.01. The fraction of sp³-hybridized carbons (Fsp3) is 0.429. The van der Waals surface area contributed by atoms with Crippen molar-refractivity contribution in [2.75, 3.05) is 6.61 Å². The van der Waals surface area contributed by atoms with Gasteiger partial charge in [0.15, 0.2) is 5.65 Å². The minimum atomic E-state index is -0.178. The molecule has 0 aliphatic heterocycles. The highest BCUT2D eigenvalue weighted by Gasteiger charge is 2.23. The van der Waals surface area contributed by atoms with E-state index in [9.17, 15) is 0 Å². The average Bonchev–Trinajstić information content (AvgIpc) is 3.12. The van der Waals surface area contributed by atoms with Gasteiger partial charge in [-0.2, -0.15) is 10.1 Å². The molecule has 110 valence electrons. The maximum absolute atomic E-state index is 5.69. The molecule has 0 fully saturated rings. The lowest BCUT2D eigenvalue weighted by atomic mass is 10.1. The number of rotatable bonds is 5. The summed E-state index contributed by atoms with van der Waals surface area (Å²) >= 11 is 0. The summed E-state index contributed by atoms with van der Waals surface area (Å²) in [5.74, 6) is 1.22. The molecule has 0 aliphatic rings. The summed E-state index contributed by atoms with van der Waals surface area (Å²) in [5, 5.41) is 8.27. The van der Waals surface area contributed by atoms with Crippen LogP contribution in [-0.2, 0) is 4.74 Å². The lowest BCUT2D eigenvalue weighted by molar-refractivity contribution is 0.0217. The largest absolute Gasteiger partial charge is 0.370 e. The lowest BCUT2D eigenvalue weighted by Crippen LogP contribution is -2.12. The first kappa shape index (κ1) is 13.7. The first-order chi connectivity index (χ1) is 10.2. The Kier molecular flexibility index (Phi) is 3.66. The number of hydrogen-bond acceptors (Lipinski definition) is 6. The molecule has 3 heterocycles. The first-order valence-electron chi connectivity index (χ1n) is 6.95. The number of ether oxygens (including phenoxy) is 1. The Balaban J connectivity index is 1.99. The van der Waals surface area contributed by atoms with Crippen LogP contribution in [0.5, 0.6) is 0 Å². The fourth-order valence-electron chi connectivity index (χ4n) is 2.20. The third-order valence-corrected chi connectivity index (χ3v) is 3.16. The van der Waals surface area contributed by atoms with Crippen molar-refractivity contribution in [2.45, 2.75) is 26.9 Å². The van der Waals surface area contributed by atoms with Crippen molar-refractivity contribution in [1.29, 1.82) is 0 Å². The molecule has 3 rings (SSSR count). The molecule has 1 atom stereocenters. The van der Waals surface area contributed by atoms with E-state index < -0.39 is 0 Å². The van der Waals surface area contributed by atoms with Crippen LogP contribution in [0.3, 0.4) is 0 Å². The summed E-state index contributed by atoms with van der Waals surface area (Å²) < 4.78 is 12.7. The minimum Gasteiger partial charge on any atom is -0.370 e. The van der Waals surface area contributed by atoms with Gasteiger partial charge in [-0.25, -0.2) is 9.50 Å². The molecular formula is C14H17N5O2. The highest BCUT2D eigenvalue weighted by Crippen LogP contribution is 2.26. The van der Waals surface area contributed by atoms with E-state index in [1.807, 2.05) is 13.0 Å². The summed E-state index contributed by atoms with van der Waals surface area (Å²) in [6.07, 6.45) is 3.20. The van der Waals surface area contributed by atoms with Crippen LogP contribution in [0, 0.1) is 5.92 Å². The van der Waals surface area contributed by atoms with Gasteiger partial charge in [0.25, 0.3) is 5.89 Å². The number of hydrogen-bond donors (Lipinski definition) is 0. The van der Waals surface area contributed by atoms with E-state index in [-0.39, 0.29) is 12.0 Å². The van der Waals surface area contributed by atoms with Crippen LogP contribution in [0.15, 0.2) is 29.0 Å². The zero-order valence-electron chi connectivity index (χ0n) is 12.2. The van der Waals surface area contributed by atoms with Crippen LogP contribution in [0.1, 0.15) is 32.7 Å². The smallest absolute Gasteiger partial charge is 0.276 e. The maximum Gasteiger partial charge on any atom is 0.276 e. The van der Waals surface area contributed by atoms with Crippen LogP contribution in [0.4, 0.5) is 0 Å². The van der Waals surface area contributed by atoms with Crippen LogP contribution in [-0.4, -0.2) is 31.3 Å². The predicted octanol–water partition coefficient (Wildman–Crippen LogP) is 2.51. The molecule has 1 unspecified atom stereocenters. The molecule has 0 aromatic carbocycles. The third-order valence-electron chi connectivity index (χ3n) is 3.16. The summed E-state index contributed by atoms with van der Waals surface area (Å²) in [7, 11) is 0. The van der Waals surface area contributed by atoms with Gasteiger partial charge in [0, 0.05) is 18.9 Å². The topological polar surface area (TPSA) is 78.3 Å².